The molecule has 9 heteroatoms. The standard InChI is InChI=1S/C21H30N2O7/c1-20(2,3)29-17(25)15(12-22-16(24)18(26)30-21(4,5)6)23-19(27)28-13-14-10-8-7-9-11-14/h7-11,15H,12-13H2,1-6H3,(H,22,24)(H,23,27)/t15-/m0/s1. The van der Waals surface area contributed by atoms with Crippen molar-refractivity contribution >= 4 is 23.9 Å². The zero-order chi connectivity index (χ0) is 22.9. The predicted molar refractivity (Wildman–Crippen MR) is 108 cm³/mol. The largest absolute Gasteiger partial charge is 0.458 e. The molecular formula is C21H30N2O7. The normalized spacial score (nSPS) is 12.3. The molecule has 0 aliphatic rings. The zero-order valence-electron chi connectivity index (χ0n) is 18.2. The average Bonchev–Trinajstić information content (AvgIpc) is 2.61. The van der Waals surface area contributed by atoms with Crippen molar-refractivity contribution in [3.05, 3.63) is 35.9 Å². The molecule has 0 unspecified atom stereocenters. The summed E-state index contributed by atoms with van der Waals surface area (Å²) in [5, 5.41) is 4.62. The first-order valence-electron chi connectivity index (χ1n) is 9.48. The first kappa shape index (κ1) is 24.9. The summed E-state index contributed by atoms with van der Waals surface area (Å²) in [6.45, 7) is 9.45. The van der Waals surface area contributed by atoms with Gasteiger partial charge in [-0.1, -0.05) is 30.3 Å². The Morgan fingerprint density at radius 3 is 2.00 bits per heavy atom. The summed E-state index contributed by atoms with van der Waals surface area (Å²) in [5.74, 6) is -2.93. The number of hydrogen-bond acceptors (Lipinski definition) is 7. The fourth-order valence-electron chi connectivity index (χ4n) is 2.06. The van der Waals surface area contributed by atoms with E-state index in [0.717, 1.165) is 5.56 Å². The number of nitrogens with one attached hydrogen (secondary N) is 2. The molecule has 0 fully saturated rings. The average molecular weight is 422 g/mol. The van der Waals surface area contributed by atoms with Gasteiger partial charge in [-0.15, -0.1) is 0 Å². The molecule has 166 valence electrons. The van der Waals surface area contributed by atoms with Gasteiger partial charge in [-0.2, -0.15) is 0 Å². The lowest BCUT2D eigenvalue weighted by Crippen LogP contribution is -2.51. The van der Waals surface area contributed by atoms with Gasteiger partial charge in [0.15, 0.2) is 0 Å². The summed E-state index contributed by atoms with van der Waals surface area (Å²) in [7, 11) is 0. The Morgan fingerprint density at radius 2 is 1.47 bits per heavy atom. The lowest BCUT2D eigenvalue weighted by Gasteiger charge is -2.24. The Bertz CT molecular complexity index is 749. The van der Waals surface area contributed by atoms with Crippen molar-refractivity contribution in [3.63, 3.8) is 0 Å². The molecule has 0 aliphatic heterocycles. The molecule has 1 atom stereocenters. The van der Waals surface area contributed by atoms with E-state index in [1.165, 1.54) is 0 Å². The first-order chi connectivity index (χ1) is 13.8. The van der Waals surface area contributed by atoms with Crippen molar-refractivity contribution in [3.8, 4) is 0 Å². The van der Waals surface area contributed by atoms with E-state index in [2.05, 4.69) is 10.6 Å². The first-order valence-corrected chi connectivity index (χ1v) is 9.48. The van der Waals surface area contributed by atoms with E-state index in [-0.39, 0.29) is 13.2 Å². The molecule has 1 aromatic carbocycles. The van der Waals surface area contributed by atoms with Crippen molar-refractivity contribution in [1.82, 2.24) is 10.6 Å². The Balaban J connectivity index is 2.71. The third-order valence-electron chi connectivity index (χ3n) is 3.25. The Kier molecular flexibility index (Phi) is 8.82. The molecule has 0 radical (unpaired) electrons. The minimum absolute atomic E-state index is 0.00200. The predicted octanol–water partition coefficient (Wildman–Crippen LogP) is 2.08. The Morgan fingerprint density at radius 1 is 0.900 bits per heavy atom. The van der Waals surface area contributed by atoms with Crippen molar-refractivity contribution in [2.75, 3.05) is 6.54 Å². The van der Waals surface area contributed by atoms with E-state index in [0.29, 0.717) is 0 Å². The van der Waals surface area contributed by atoms with E-state index < -0.39 is 41.2 Å². The number of esters is 2. The van der Waals surface area contributed by atoms with Crippen LogP contribution in [0.4, 0.5) is 4.79 Å². The molecule has 30 heavy (non-hydrogen) atoms. The maximum atomic E-state index is 12.4. The lowest BCUT2D eigenvalue weighted by atomic mass is 10.2. The second kappa shape index (κ2) is 10.6. The molecule has 0 aliphatic carbocycles. The number of amides is 2. The van der Waals surface area contributed by atoms with Gasteiger partial charge in [0.25, 0.3) is 0 Å². The van der Waals surface area contributed by atoms with Gasteiger partial charge in [0.1, 0.15) is 23.9 Å². The van der Waals surface area contributed by atoms with Crippen LogP contribution in [0.25, 0.3) is 0 Å². The molecule has 0 heterocycles. The van der Waals surface area contributed by atoms with E-state index in [4.69, 9.17) is 14.2 Å². The monoisotopic (exact) mass is 422 g/mol. The van der Waals surface area contributed by atoms with Gasteiger partial charge in [-0.3, -0.25) is 4.79 Å². The molecule has 1 aromatic rings. The summed E-state index contributed by atoms with van der Waals surface area (Å²) in [5.41, 5.74) is -0.904. The topological polar surface area (TPSA) is 120 Å². The minimum Gasteiger partial charge on any atom is -0.458 e. The molecule has 0 aromatic heterocycles. The SMILES string of the molecule is CC(C)(C)OC(=O)C(=O)NC[C@H](NC(=O)OCc1ccccc1)C(=O)OC(C)(C)C. The van der Waals surface area contributed by atoms with Crippen LogP contribution in [-0.4, -0.2) is 47.7 Å². The minimum atomic E-state index is -1.26. The van der Waals surface area contributed by atoms with Crippen LogP contribution in [0.1, 0.15) is 47.1 Å². The van der Waals surface area contributed by atoms with Gasteiger partial charge in [0, 0.05) is 6.54 Å². The van der Waals surface area contributed by atoms with Crippen molar-refractivity contribution in [1.29, 1.82) is 0 Å². The number of hydrogen-bond donors (Lipinski definition) is 2. The van der Waals surface area contributed by atoms with Gasteiger partial charge in [-0.05, 0) is 47.1 Å². The smallest absolute Gasteiger partial charge is 0.408 e. The van der Waals surface area contributed by atoms with E-state index in [1.807, 2.05) is 6.07 Å². The molecule has 9 nitrogen and oxygen atoms in total. The Labute approximate surface area is 176 Å². The third kappa shape index (κ3) is 10.4. The number of carbonyl (C=O) groups is 4. The van der Waals surface area contributed by atoms with Gasteiger partial charge in [-0.25, -0.2) is 14.4 Å². The van der Waals surface area contributed by atoms with Crippen LogP contribution < -0.4 is 10.6 Å². The van der Waals surface area contributed by atoms with E-state index in [9.17, 15) is 19.2 Å². The fourth-order valence-corrected chi connectivity index (χ4v) is 2.06. The molecule has 0 bridgehead atoms. The highest BCUT2D eigenvalue weighted by Gasteiger charge is 2.29. The van der Waals surface area contributed by atoms with Gasteiger partial charge < -0.3 is 24.8 Å². The lowest BCUT2D eigenvalue weighted by molar-refractivity contribution is -0.164. The van der Waals surface area contributed by atoms with Gasteiger partial charge >= 0.3 is 23.9 Å². The quantitative estimate of drug-likeness (QED) is 0.409. The molecule has 2 N–H and O–H groups in total. The second-order valence-corrected chi connectivity index (χ2v) is 8.50. The van der Waals surface area contributed by atoms with Gasteiger partial charge in [0.2, 0.25) is 0 Å². The molecule has 1 rings (SSSR count). The van der Waals surface area contributed by atoms with Crippen LogP contribution in [0, 0.1) is 0 Å². The van der Waals surface area contributed by atoms with Crippen LogP contribution >= 0.6 is 0 Å². The van der Waals surface area contributed by atoms with Crippen molar-refractivity contribution in [2.45, 2.75) is 65.4 Å². The number of carbonyl (C=O) groups excluding carboxylic acids is 4. The second-order valence-electron chi connectivity index (χ2n) is 8.50. The molecule has 0 saturated carbocycles. The van der Waals surface area contributed by atoms with E-state index in [1.54, 1.807) is 65.8 Å². The number of benzene rings is 1. The van der Waals surface area contributed by atoms with Crippen molar-refractivity contribution in [2.24, 2.45) is 0 Å². The summed E-state index contributed by atoms with van der Waals surface area (Å²) in [4.78, 5) is 48.3. The number of rotatable bonds is 6. The summed E-state index contributed by atoms with van der Waals surface area (Å²) in [6.07, 6.45) is -0.874. The summed E-state index contributed by atoms with van der Waals surface area (Å²) >= 11 is 0. The number of alkyl carbamates (subject to hydrolysis) is 1. The highest BCUT2D eigenvalue weighted by molar-refractivity contribution is 6.32. The number of ether oxygens (including phenoxy) is 3. The summed E-state index contributed by atoms with van der Waals surface area (Å²) < 4.78 is 15.3. The van der Waals surface area contributed by atoms with Crippen LogP contribution in [0.3, 0.4) is 0 Å². The highest BCUT2D eigenvalue weighted by Crippen LogP contribution is 2.09. The molecule has 2 amide bonds. The molecular weight excluding hydrogens is 392 g/mol. The van der Waals surface area contributed by atoms with Gasteiger partial charge in [0.05, 0.1) is 0 Å². The van der Waals surface area contributed by atoms with Crippen molar-refractivity contribution < 1.29 is 33.4 Å². The Hall–Kier alpha value is -3.10. The van der Waals surface area contributed by atoms with E-state index >= 15 is 0 Å². The summed E-state index contributed by atoms with van der Waals surface area (Å²) in [6, 6.07) is 7.71. The third-order valence-corrected chi connectivity index (χ3v) is 3.25. The van der Waals surface area contributed by atoms with Crippen LogP contribution in [0.2, 0.25) is 0 Å². The maximum Gasteiger partial charge on any atom is 0.408 e. The fraction of sp³-hybridized carbons (Fsp3) is 0.524. The zero-order valence-corrected chi connectivity index (χ0v) is 18.2. The highest BCUT2D eigenvalue weighted by atomic mass is 16.6. The van der Waals surface area contributed by atoms with Crippen LogP contribution in [0.15, 0.2) is 30.3 Å². The van der Waals surface area contributed by atoms with Crippen LogP contribution in [-0.2, 0) is 35.2 Å². The molecule has 0 saturated heterocycles. The molecule has 0 spiro atoms. The van der Waals surface area contributed by atoms with Crippen LogP contribution in [0.5, 0.6) is 0 Å². The maximum absolute atomic E-state index is 12.4.